The van der Waals surface area contributed by atoms with Crippen LogP contribution in [-0.4, -0.2) is 28.0 Å². The summed E-state index contributed by atoms with van der Waals surface area (Å²) in [7, 11) is 1.84. The minimum absolute atomic E-state index is 0.0184. The number of carbonyl (C=O) groups excluding carboxylic acids is 1. The van der Waals surface area contributed by atoms with Gasteiger partial charge in [0.2, 0.25) is 0 Å². The third kappa shape index (κ3) is 2.60. The number of nitrogen functional groups attached to an aromatic ring is 1. The number of amides is 1. The molecule has 0 saturated heterocycles. The molecule has 0 spiro atoms. The zero-order chi connectivity index (χ0) is 12.4. The lowest BCUT2D eigenvalue weighted by atomic mass is 10.2. The normalized spacial score (nSPS) is 23.9. The second-order valence-corrected chi connectivity index (χ2v) is 5.63. The molecule has 1 amide bonds. The van der Waals surface area contributed by atoms with Gasteiger partial charge >= 0.3 is 0 Å². The molecule has 2 atom stereocenters. The van der Waals surface area contributed by atoms with Gasteiger partial charge in [-0.2, -0.15) is 11.8 Å². The molecule has 1 heterocycles. The van der Waals surface area contributed by atoms with Crippen molar-refractivity contribution in [3.8, 4) is 0 Å². The standard InChI is InChI=1S/C12H19N3OS/c1-15-7-8(13)6-10(15)12(16)14-9-4-3-5-11(9)17-2/h6-7,9,11H,3-5,13H2,1-2H3,(H,14,16). The third-order valence-corrected chi connectivity index (χ3v) is 4.50. The van der Waals surface area contributed by atoms with Crippen molar-refractivity contribution in [3.63, 3.8) is 0 Å². The molecule has 2 unspecified atom stereocenters. The van der Waals surface area contributed by atoms with E-state index in [2.05, 4.69) is 11.6 Å². The van der Waals surface area contributed by atoms with Gasteiger partial charge in [0.15, 0.2) is 0 Å². The highest BCUT2D eigenvalue weighted by atomic mass is 32.2. The highest BCUT2D eigenvalue weighted by Gasteiger charge is 2.28. The van der Waals surface area contributed by atoms with E-state index in [1.807, 2.05) is 18.8 Å². The van der Waals surface area contributed by atoms with Crippen LogP contribution in [0.15, 0.2) is 12.3 Å². The molecule has 1 aromatic heterocycles. The molecule has 1 aliphatic carbocycles. The minimum atomic E-state index is -0.0184. The number of thioether (sulfide) groups is 1. The fraction of sp³-hybridized carbons (Fsp3) is 0.583. The molecule has 94 valence electrons. The van der Waals surface area contributed by atoms with E-state index in [0.29, 0.717) is 22.7 Å². The van der Waals surface area contributed by atoms with Gasteiger partial charge in [-0.25, -0.2) is 0 Å². The van der Waals surface area contributed by atoms with E-state index in [9.17, 15) is 4.79 Å². The van der Waals surface area contributed by atoms with Crippen LogP contribution in [0.2, 0.25) is 0 Å². The van der Waals surface area contributed by atoms with Crippen LogP contribution in [0.25, 0.3) is 0 Å². The molecular weight excluding hydrogens is 234 g/mol. The molecule has 5 heteroatoms. The molecule has 17 heavy (non-hydrogen) atoms. The predicted molar refractivity (Wildman–Crippen MR) is 72.2 cm³/mol. The topological polar surface area (TPSA) is 60.1 Å². The lowest BCUT2D eigenvalue weighted by molar-refractivity contribution is 0.0930. The smallest absolute Gasteiger partial charge is 0.268 e. The van der Waals surface area contributed by atoms with E-state index in [4.69, 9.17) is 5.73 Å². The summed E-state index contributed by atoms with van der Waals surface area (Å²) in [5.74, 6) is -0.0184. The first-order valence-electron chi connectivity index (χ1n) is 5.87. The summed E-state index contributed by atoms with van der Waals surface area (Å²) in [6.45, 7) is 0. The Bertz CT molecular complexity index is 416. The lowest BCUT2D eigenvalue weighted by Crippen LogP contribution is -2.39. The molecule has 1 aromatic rings. The second-order valence-electron chi connectivity index (χ2n) is 4.55. The molecule has 0 aliphatic heterocycles. The zero-order valence-corrected chi connectivity index (χ0v) is 11.1. The van der Waals surface area contributed by atoms with Gasteiger partial charge in [0.05, 0.1) is 5.69 Å². The molecule has 1 saturated carbocycles. The van der Waals surface area contributed by atoms with Gasteiger partial charge in [-0.15, -0.1) is 0 Å². The maximum Gasteiger partial charge on any atom is 0.268 e. The Hall–Kier alpha value is -1.10. The Kier molecular flexibility index (Phi) is 3.66. The summed E-state index contributed by atoms with van der Waals surface area (Å²) >= 11 is 1.84. The molecule has 4 nitrogen and oxygen atoms in total. The summed E-state index contributed by atoms with van der Waals surface area (Å²) in [5, 5.41) is 3.67. The first-order chi connectivity index (χ1) is 8.11. The Balaban J connectivity index is 2.04. The quantitative estimate of drug-likeness (QED) is 0.860. The Morgan fingerprint density at radius 2 is 2.35 bits per heavy atom. The number of aryl methyl sites for hydroxylation is 1. The SMILES string of the molecule is CSC1CCCC1NC(=O)c1cc(N)cn1C. The summed E-state index contributed by atoms with van der Waals surface area (Å²) in [6, 6.07) is 2.02. The van der Waals surface area contributed by atoms with Gasteiger partial charge in [-0.05, 0) is 25.2 Å². The van der Waals surface area contributed by atoms with Crippen LogP contribution in [0.5, 0.6) is 0 Å². The number of nitrogens with one attached hydrogen (secondary N) is 1. The first-order valence-corrected chi connectivity index (χ1v) is 7.16. The number of nitrogens with zero attached hydrogens (tertiary/aromatic N) is 1. The molecule has 2 rings (SSSR count). The molecule has 0 aromatic carbocycles. The minimum Gasteiger partial charge on any atom is -0.397 e. The van der Waals surface area contributed by atoms with Crippen molar-refractivity contribution in [3.05, 3.63) is 18.0 Å². The van der Waals surface area contributed by atoms with E-state index in [-0.39, 0.29) is 5.91 Å². The number of anilines is 1. The van der Waals surface area contributed by atoms with Crippen LogP contribution in [0, 0.1) is 0 Å². The van der Waals surface area contributed by atoms with Gasteiger partial charge < -0.3 is 15.6 Å². The zero-order valence-electron chi connectivity index (χ0n) is 10.3. The number of rotatable bonds is 3. The average molecular weight is 253 g/mol. The number of hydrogen-bond acceptors (Lipinski definition) is 3. The Morgan fingerprint density at radius 1 is 1.59 bits per heavy atom. The van der Waals surface area contributed by atoms with Crippen LogP contribution in [-0.2, 0) is 7.05 Å². The van der Waals surface area contributed by atoms with E-state index in [0.717, 1.165) is 6.42 Å². The summed E-state index contributed by atoms with van der Waals surface area (Å²) < 4.78 is 1.77. The van der Waals surface area contributed by atoms with Gasteiger partial charge in [-0.1, -0.05) is 6.42 Å². The second kappa shape index (κ2) is 5.04. The number of hydrogen-bond donors (Lipinski definition) is 2. The average Bonchev–Trinajstić information content (AvgIpc) is 2.84. The van der Waals surface area contributed by atoms with Crippen LogP contribution >= 0.6 is 11.8 Å². The van der Waals surface area contributed by atoms with Crippen molar-refractivity contribution in [1.82, 2.24) is 9.88 Å². The van der Waals surface area contributed by atoms with Gasteiger partial charge in [-0.3, -0.25) is 4.79 Å². The Labute approximate surface area is 106 Å². The fourth-order valence-electron chi connectivity index (χ4n) is 2.43. The third-order valence-electron chi connectivity index (χ3n) is 3.33. The molecule has 0 radical (unpaired) electrons. The molecule has 0 bridgehead atoms. The number of carbonyl (C=O) groups is 1. The van der Waals surface area contributed by atoms with Gasteiger partial charge in [0.1, 0.15) is 5.69 Å². The van der Waals surface area contributed by atoms with Gasteiger partial charge in [0, 0.05) is 24.5 Å². The Morgan fingerprint density at radius 3 is 2.94 bits per heavy atom. The van der Waals surface area contributed by atoms with Crippen LogP contribution in [0.1, 0.15) is 29.8 Å². The number of aromatic nitrogens is 1. The van der Waals surface area contributed by atoms with E-state index < -0.39 is 0 Å². The number of nitrogens with two attached hydrogens (primary N) is 1. The van der Waals surface area contributed by atoms with Crippen molar-refractivity contribution in [2.45, 2.75) is 30.6 Å². The molecule has 1 aliphatic rings. The highest BCUT2D eigenvalue weighted by molar-refractivity contribution is 7.99. The largest absolute Gasteiger partial charge is 0.397 e. The predicted octanol–water partition coefficient (Wildman–Crippen LogP) is 1.62. The monoisotopic (exact) mass is 253 g/mol. The summed E-state index contributed by atoms with van der Waals surface area (Å²) in [6.07, 6.45) is 7.34. The molecule has 3 N–H and O–H groups in total. The maximum atomic E-state index is 12.1. The van der Waals surface area contributed by atoms with Crippen molar-refractivity contribution < 1.29 is 4.79 Å². The van der Waals surface area contributed by atoms with Crippen molar-refractivity contribution in [2.75, 3.05) is 12.0 Å². The van der Waals surface area contributed by atoms with Gasteiger partial charge in [0.25, 0.3) is 5.91 Å². The van der Waals surface area contributed by atoms with Crippen LogP contribution in [0.4, 0.5) is 5.69 Å². The van der Waals surface area contributed by atoms with Crippen molar-refractivity contribution in [1.29, 1.82) is 0 Å². The lowest BCUT2D eigenvalue weighted by Gasteiger charge is -2.19. The highest BCUT2D eigenvalue weighted by Crippen LogP contribution is 2.28. The van der Waals surface area contributed by atoms with Crippen LogP contribution in [0.3, 0.4) is 0 Å². The van der Waals surface area contributed by atoms with Crippen molar-refractivity contribution >= 4 is 23.4 Å². The van der Waals surface area contributed by atoms with E-state index in [1.54, 1.807) is 16.8 Å². The molecular formula is C12H19N3OS. The fourth-order valence-corrected chi connectivity index (χ4v) is 3.37. The first kappa shape index (κ1) is 12.4. The summed E-state index contributed by atoms with van der Waals surface area (Å²) in [4.78, 5) is 12.1. The summed E-state index contributed by atoms with van der Waals surface area (Å²) in [5.41, 5.74) is 6.94. The van der Waals surface area contributed by atoms with Crippen LogP contribution < -0.4 is 11.1 Å². The van der Waals surface area contributed by atoms with E-state index >= 15 is 0 Å². The molecule has 1 fully saturated rings. The van der Waals surface area contributed by atoms with Crippen molar-refractivity contribution in [2.24, 2.45) is 7.05 Å². The van der Waals surface area contributed by atoms with E-state index in [1.165, 1.54) is 12.8 Å². The maximum absolute atomic E-state index is 12.1.